The van der Waals surface area contributed by atoms with Gasteiger partial charge in [-0.3, -0.25) is 0 Å². The van der Waals surface area contributed by atoms with Crippen molar-refractivity contribution in [2.75, 3.05) is 80.7 Å². The van der Waals surface area contributed by atoms with Crippen molar-refractivity contribution >= 4 is 248 Å². The van der Waals surface area contributed by atoms with Gasteiger partial charge in [0.1, 0.15) is 35.3 Å². The summed E-state index contributed by atoms with van der Waals surface area (Å²) in [6.07, 6.45) is -7.21. The number of nitrogens with zero attached hydrogens (tertiary/aromatic N) is 6. The average Bonchev–Trinajstić information content (AvgIpc) is 3.34. The van der Waals surface area contributed by atoms with Gasteiger partial charge in [-0.15, -0.1) is 26.3 Å². The molecule has 2 saturated heterocycles. The van der Waals surface area contributed by atoms with E-state index < -0.39 is 31.5 Å². The number of rotatable bonds is 10. The fraction of sp³-hybridized carbons (Fsp3) is 0.368. The number of ether oxygens (including phenoxy) is 2. The second kappa shape index (κ2) is 39.7. The van der Waals surface area contributed by atoms with Crippen LogP contribution in [0.3, 0.4) is 0 Å². The molecule has 4 heterocycles. The van der Waals surface area contributed by atoms with E-state index in [1.165, 1.54) is 232 Å². The molecule has 2 atom stereocenters. The summed E-state index contributed by atoms with van der Waals surface area (Å²) in [5.41, 5.74) is 1.50. The number of nitrogens with one attached hydrogen (secondary N) is 2. The van der Waals surface area contributed by atoms with E-state index in [1.807, 2.05) is 4.90 Å². The summed E-state index contributed by atoms with van der Waals surface area (Å²) >= 11 is 19.9. The van der Waals surface area contributed by atoms with Crippen molar-refractivity contribution in [2.45, 2.75) is 24.9 Å². The van der Waals surface area contributed by atoms with E-state index in [-0.39, 0.29) is 29.8 Å². The number of hydrogen-bond acceptors (Lipinski definition) is 14. The summed E-state index contributed by atoms with van der Waals surface area (Å²) in [6, 6.07) is 12.2. The summed E-state index contributed by atoms with van der Waals surface area (Å²) in [6.45, 7) is 4.47. The first-order valence-electron chi connectivity index (χ1n) is 21.3. The fourth-order valence-electron chi connectivity index (χ4n) is 5.65. The summed E-state index contributed by atoms with van der Waals surface area (Å²) in [5.74, 6) is 0.515. The molecule has 6 rings (SSSR count). The number of urea groups is 1. The zero-order chi connectivity index (χ0) is 51.5. The monoisotopic (exact) mass is 1150 g/mol. The number of benzene rings is 2. The number of isocyanates is 1. The maximum atomic E-state index is 12.4. The fourth-order valence-corrected chi connectivity index (χ4v) is 6.24. The number of hydrogen-bond donors (Lipinski definition) is 6. The molecule has 0 bridgehead atoms. The van der Waals surface area contributed by atoms with Crippen LogP contribution in [-0.2, 0) is 4.79 Å². The van der Waals surface area contributed by atoms with Crippen LogP contribution in [0.2, 0.25) is 10.0 Å². The summed E-state index contributed by atoms with van der Waals surface area (Å²) in [7, 11) is 0. The van der Waals surface area contributed by atoms with Crippen LogP contribution in [0.25, 0.3) is 0 Å². The Morgan fingerprint density at radius 2 is 1.12 bits per heavy atom. The van der Waals surface area contributed by atoms with Crippen molar-refractivity contribution < 1.29 is 65.8 Å². The summed E-state index contributed by atoms with van der Waals surface area (Å²) < 4.78 is 79.1. The van der Waals surface area contributed by atoms with Crippen molar-refractivity contribution in [3.8, 4) is 11.5 Å². The molecule has 342 valence electrons. The summed E-state index contributed by atoms with van der Waals surface area (Å²) in [5, 5.41) is 43.7. The molecule has 16 nitrogen and oxygen atoms in total. The molecular weight excluding hydrogens is 1120 g/mol. The molecule has 30 heteroatoms. The molecule has 2 fully saturated rings. The molecule has 6 N–H and O–H groups in total. The zero-order valence-corrected chi connectivity index (χ0v) is 58.5. The van der Waals surface area contributed by atoms with E-state index >= 15 is 0 Å². The van der Waals surface area contributed by atoms with Crippen LogP contribution < -0.4 is 29.9 Å². The molecule has 0 aliphatic carbocycles. The molecular formula is C38H40Cl2F6K6N8O8. The molecule has 2 aromatic carbocycles. The van der Waals surface area contributed by atoms with Gasteiger partial charge in [0.15, 0.2) is 0 Å². The van der Waals surface area contributed by atoms with Gasteiger partial charge in [-0.05, 0) is 60.7 Å². The number of aliphatic hydroxyl groups excluding tert-OH is 4. The SMILES string of the molecule is O=C(Nc1ccc(OC(F)(F)F)cc1)N1CCN(c2ncc([C@H](O)CO)cc2Cl)CC1.O=C=Nc1ccc(OC(F)(F)F)cc1.OC[C@@H](O)c1cnc(N2CCNCC2)c(Cl)c1.[K][K].[K][K].[K][K]. The quantitative estimate of drug-likeness (QED) is 0.0584. The number of amides is 2. The first kappa shape index (κ1) is 70.4. The van der Waals surface area contributed by atoms with Crippen LogP contribution in [0.1, 0.15) is 23.3 Å². The molecule has 0 saturated carbocycles. The number of pyridine rings is 2. The molecule has 2 aliphatic rings. The molecule has 0 unspecified atom stereocenters. The number of anilines is 3. The number of aliphatic hydroxyl groups is 4. The van der Waals surface area contributed by atoms with Crippen LogP contribution in [0.5, 0.6) is 11.5 Å². The summed E-state index contributed by atoms with van der Waals surface area (Å²) in [4.78, 5) is 39.5. The number of alkyl halides is 6. The third kappa shape index (κ3) is 28.3. The molecule has 4 aromatic rings. The van der Waals surface area contributed by atoms with E-state index in [2.05, 4.69) is 40.0 Å². The van der Waals surface area contributed by atoms with E-state index in [9.17, 15) is 46.1 Å². The molecule has 2 aliphatic heterocycles. The van der Waals surface area contributed by atoms with Gasteiger partial charge in [0.25, 0.3) is 0 Å². The van der Waals surface area contributed by atoms with Crippen molar-refractivity contribution in [3.05, 3.63) is 94.2 Å². The Hall–Kier alpha value is 4.37. The Morgan fingerprint density at radius 3 is 1.49 bits per heavy atom. The molecule has 0 radical (unpaired) electrons. The molecule has 0 spiro atoms. The van der Waals surface area contributed by atoms with Crippen LogP contribution in [0.4, 0.5) is 54.1 Å². The standard InChI is InChI=1S/C19H20ClF3N4O4.C11H16ClN3O2.C8H4F3NO2.6K/c20-15-9-12(16(29)11-28)10-24-17(15)26-5-7-27(8-6-26)18(30)25-13-1-3-14(4-2-13)31-19(21,22)23;12-9-5-8(10(17)7-16)6-14-11(9)15-3-1-13-2-4-15;9-8(10,11)14-7-3-1-6(2-4-7)12-5-13;;;;;;/h1-4,9-10,16,28-29H,5-8,11H2,(H,25,30);5-6,10,13,16-17H,1-4,7H2;1-4H;;;;;;/t16-;10-;;;;;;;/m11......./s1. The van der Waals surface area contributed by atoms with Gasteiger partial charge < -0.3 is 55.2 Å². The van der Waals surface area contributed by atoms with Crippen LogP contribution in [0.15, 0.2) is 78.0 Å². The third-order valence-electron chi connectivity index (χ3n) is 8.67. The minimum atomic E-state index is -4.78. The van der Waals surface area contributed by atoms with Gasteiger partial charge in [0, 0.05) is 81.6 Å². The molecule has 2 amide bonds. The van der Waals surface area contributed by atoms with Crippen LogP contribution >= 0.6 is 23.2 Å². The first-order chi connectivity index (χ1) is 32.4. The Kier molecular flexibility index (Phi) is 41.1. The number of piperazine rings is 2. The third-order valence-corrected chi connectivity index (χ3v) is 9.22. The molecule has 68 heavy (non-hydrogen) atoms. The Bertz CT molecular complexity index is 2120. The van der Waals surface area contributed by atoms with Gasteiger partial charge >= 0.3 is 208 Å². The first-order valence-corrected chi connectivity index (χ1v) is 70.1. The number of aromatic nitrogens is 2. The molecule has 2 aromatic heterocycles. The number of halogens is 8. The van der Waals surface area contributed by atoms with E-state index in [1.54, 1.807) is 17.2 Å². The predicted molar refractivity (Wildman–Crippen MR) is 249 cm³/mol. The van der Waals surface area contributed by atoms with Gasteiger partial charge in [0.2, 0.25) is 6.08 Å². The van der Waals surface area contributed by atoms with Crippen LogP contribution in [0, 0.1) is 0 Å². The second-order valence-corrected chi connectivity index (χ2v) is 13.8. The van der Waals surface area contributed by atoms with Crippen LogP contribution in [-0.4, -0.2) is 315 Å². The maximum absolute atomic E-state index is 12.4. The van der Waals surface area contributed by atoms with Gasteiger partial charge in [0.05, 0.1) is 28.9 Å². The Labute approximate surface area is 534 Å². The zero-order valence-electron chi connectivity index (χ0n) is 38.3. The number of carbonyl (C=O) groups is 1. The van der Waals surface area contributed by atoms with E-state index in [4.69, 9.17) is 33.4 Å². The van der Waals surface area contributed by atoms with Crippen molar-refractivity contribution in [3.63, 3.8) is 0 Å². The van der Waals surface area contributed by atoms with Gasteiger partial charge in [-0.1, -0.05) is 23.2 Å². The number of carbonyl (C=O) groups excluding carboxylic acids is 2. The number of aliphatic imine (C=N–C) groups is 1. The van der Waals surface area contributed by atoms with E-state index in [0.29, 0.717) is 58.9 Å². The normalized spacial score (nSPS) is 14.1. The van der Waals surface area contributed by atoms with Crippen molar-refractivity contribution in [1.29, 1.82) is 0 Å². The minimum absolute atomic E-state index is 0.217. The van der Waals surface area contributed by atoms with E-state index in [0.717, 1.165) is 56.3 Å². The van der Waals surface area contributed by atoms with Crippen molar-refractivity contribution in [1.82, 2.24) is 20.2 Å². The second-order valence-electron chi connectivity index (χ2n) is 13.0. The average molecular weight is 1160 g/mol. The topological polar surface area (TPSA) is 205 Å². The van der Waals surface area contributed by atoms with Crippen molar-refractivity contribution in [2.24, 2.45) is 4.99 Å². The predicted octanol–water partition coefficient (Wildman–Crippen LogP) is 3.45. The Balaban J connectivity index is 0.000000527. The van der Waals surface area contributed by atoms with Gasteiger partial charge in [-0.2, -0.15) is 4.99 Å². The Morgan fingerprint density at radius 1 is 0.721 bits per heavy atom. The van der Waals surface area contributed by atoms with Gasteiger partial charge in [-0.25, -0.2) is 19.6 Å².